The number of nitrogen functional groups attached to an aromatic ring is 1. The van der Waals surface area contributed by atoms with E-state index < -0.39 is 0 Å². The lowest BCUT2D eigenvalue weighted by atomic mass is 10.1. The summed E-state index contributed by atoms with van der Waals surface area (Å²) in [6.07, 6.45) is 0.786. The Morgan fingerprint density at radius 3 is 2.65 bits per heavy atom. The highest BCUT2D eigenvalue weighted by Gasteiger charge is 2.14. The van der Waals surface area contributed by atoms with Crippen LogP contribution in [-0.4, -0.2) is 9.97 Å². The summed E-state index contributed by atoms with van der Waals surface area (Å²) in [6.45, 7) is 6.12. The summed E-state index contributed by atoms with van der Waals surface area (Å²) < 4.78 is 14.2. The highest BCUT2D eigenvalue weighted by atomic mass is 79.9. The standard InChI is InChI=1S/C15H17BrFN3/c1-8(2)6-12-13(16)14(18)20-15(19-12)11-7-10(17)5-4-9(11)3/h4-5,7-8H,6H2,1-3H3,(H2,18,19,20). The fraction of sp³-hybridized carbons (Fsp3) is 0.333. The van der Waals surface area contributed by atoms with E-state index >= 15 is 0 Å². The first-order valence-corrected chi connectivity index (χ1v) is 7.26. The van der Waals surface area contributed by atoms with Crippen molar-refractivity contribution in [3.8, 4) is 11.4 Å². The molecule has 106 valence electrons. The number of aromatic nitrogens is 2. The monoisotopic (exact) mass is 337 g/mol. The second kappa shape index (κ2) is 5.87. The number of nitrogens with two attached hydrogens (primary N) is 1. The average molecular weight is 338 g/mol. The van der Waals surface area contributed by atoms with Crippen LogP contribution < -0.4 is 5.73 Å². The molecule has 2 rings (SSSR count). The maximum Gasteiger partial charge on any atom is 0.162 e. The van der Waals surface area contributed by atoms with Crippen LogP contribution in [0.25, 0.3) is 11.4 Å². The Morgan fingerprint density at radius 1 is 1.30 bits per heavy atom. The topological polar surface area (TPSA) is 51.8 Å². The summed E-state index contributed by atoms with van der Waals surface area (Å²) in [6, 6.07) is 4.58. The van der Waals surface area contributed by atoms with Gasteiger partial charge in [0.15, 0.2) is 5.82 Å². The number of hydrogen-bond acceptors (Lipinski definition) is 3. The molecule has 0 radical (unpaired) electrons. The highest BCUT2D eigenvalue weighted by Crippen LogP contribution is 2.28. The maximum atomic E-state index is 13.4. The molecule has 0 saturated heterocycles. The van der Waals surface area contributed by atoms with Gasteiger partial charge in [-0.15, -0.1) is 0 Å². The van der Waals surface area contributed by atoms with Gasteiger partial charge in [-0.3, -0.25) is 0 Å². The van der Waals surface area contributed by atoms with Gasteiger partial charge in [0.2, 0.25) is 0 Å². The number of benzene rings is 1. The first kappa shape index (κ1) is 14.9. The molecule has 5 heteroatoms. The van der Waals surface area contributed by atoms with Gasteiger partial charge < -0.3 is 5.73 Å². The zero-order chi connectivity index (χ0) is 14.9. The van der Waals surface area contributed by atoms with Crippen molar-refractivity contribution in [1.29, 1.82) is 0 Å². The van der Waals surface area contributed by atoms with E-state index in [1.165, 1.54) is 12.1 Å². The van der Waals surface area contributed by atoms with Gasteiger partial charge in [0.25, 0.3) is 0 Å². The Labute approximate surface area is 126 Å². The molecule has 0 aliphatic carbocycles. The Balaban J connectivity index is 2.57. The van der Waals surface area contributed by atoms with Crippen molar-refractivity contribution >= 4 is 21.7 Å². The van der Waals surface area contributed by atoms with Crippen molar-refractivity contribution in [1.82, 2.24) is 9.97 Å². The molecule has 0 aliphatic heterocycles. The van der Waals surface area contributed by atoms with E-state index in [1.54, 1.807) is 6.07 Å². The van der Waals surface area contributed by atoms with Crippen LogP contribution in [0.2, 0.25) is 0 Å². The summed E-state index contributed by atoms with van der Waals surface area (Å²) >= 11 is 3.42. The van der Waals surface area contributed by atoms with E-state index in [1.807, 2.05) is 6.92 Å². The van der Waals surface area contributed by atoms with E-state index in [4.69, 9.17) is 5.73 Å². The van der Waals surface area contributed by atoms with Crippen LogP contribution in [0.1, 0.15) is 25.1 Å². The molecule has 0 saturated carbocycles. The number of aryl methyl sites for hydroxylation is 1. The molecule has 2 aromatic rings. The van der Waals surface area contributed by atoms with E-state index in [-0.39, 0.29) is 5.82 Å². The molecule has 0 spiro atoms. The Bertz CT molecular complexity index is 641. The predicted octanol–water partition coefficient (Wildman–Crippen LogP) is 4.13. The maximum absolute atomic E-state index is 13.4. The van der Waals surface area contributed by atoms with Gasteiger partial charge in [-0.05, 0) is 52.9 Å². The SMILES string of the molecule is Cc1ccc(F)cc1-c1nc(N)c(Br)c(CC(C)C)n1. The molecule has 0 unspecified atom stereocenters. The van der Waals surface area contributed by atoms with Crippen LogP contribution in [0.3, 0.4) is 0 Å². The van der Waals surface area contributed by atoms with Crippen molar-refractivity contribution in [3.05, 3.63) is 39.7 Å². The third-order valence-corrected chi connectivity index (χ3v) is 3.85. The van der Waals surface area contributed by atoms with Crippen LogP contribution in [0.5, 0.6) is 0 Å². The van der Waals surface area contributed by atoms with Crippen LogP contribution in [0, 0.1) is 18.7 Å². The molecule has 2 N–H and O–H groups in total. The highest BCUT2D eigenvalue weighted by molar-refractivity contribution is 9.10. The number of hydrogen-bond donors (Lipinski definition) is 1. The second-order valence-corrected chi connectivity index (χ2v) is 6.04. The number of anilines is 1. The fourth-order valence-corrected chi connectivity index (χ4v) is 2.33. The molecule has 0 bridgehead atoms. The van der Waals surface area contributed by atoms with Crippen LogP contribution >= 0.6 is 15.9 Å². The second-order valence-electron chi connectivity index (χ2n) is 5.25. The molecule has 1 heterocycles. The lowest BCUT2D eigenvalue weighted by Crippen LogP contribution is -2.06. The van der Waals surface area contributed by atoms with Crippen molar-refractivity contribution < 1.29 is 4.39 Å². The van der Waals surface area contributed by atoms with Gasteiger partial charge in [0.1, 0.15) is 11.6 Å². The van der Waals surface area contributed by atoms with Crippen LogP contribution in [0.15, 0.2) is 22.7 Å². The van der Waals surface area contributed by atoms with Crippen molar-refractivity contribution in [3.63, 3.8) is 0 Å². The van der Waals surface area contributed by atoms with Crippen molar-refractivity contribution in [2.75, 3.05) is 5.73 Å². The van der Waals surface area contributed by atoms with Crippen molar-refractivity contribution in [2.24, 2.45) is 5.92 Å². The summed E-state index contributed by atoms with van der Waals surface area (Å²) in [5.74, 6) is 0.996. The van der Waals surface area contributed by atoms with Gasteiger partial charge in [-0.2, -0.15) is 0 Å². The zero-order valence-electron chi connectivity index (χ0n) is 11.7. The van der Waals surface area contributed by atoms with Gasteiger partial charge in [0.05, 0.1) is 10.2 Å². The Kier molecular flexibility index (Phi) is 4.38. The quantitative estimate of drug-likeness (QED) is 0.915. The summed E-state index contributed by atoms with van der Waals surface area (Å²) in [7, 11) is 0. The third kappa shape index (κ3) is 3.15. The van der Waals surface area contributed by atoms with E-state index in [0.717, 1.165) is 22.2 Å². The lowest BCUT2D eigenvalue weighted by Gasteiger charge is -2.12. The molecule has 20 heavy (non-hydrogen) atoms. The van der Waals surface area contributed by atoms with Gasteiger partial charge in [0, 0.05) is 5.56 Å². The molecule has 1 aromatic heterocycles. The summed E-state index contributed by atoms with van der Waals surface area (Å²) in [5.41, 5.74) is 8.38. The Morgan fingerprint density at radius 2 is 2.00 bits per heavy atom. The third-order valence-electron chi connectivity index (χ3n) is 2.99. The minimum atomic E-state index is -0.305. The molecule has 0 aliphatic rings. The molecule has 0 atom stereocenters. The van der Waals surface area contributed by atoms with Gasteiger partial charge in [-0.25, -0.2) is 14.4 Å². The normalized spacial score (nSPS) is 11.1. The first-order valence-electron chi connectivity index (χ1n) is 6.47. The number of halogens is 2. The molecule has 0 amide bonds. The minimum absolute atomic E-state index is 0.305. The summed E-state index contributed by atoms with van der Waals surface area (Å²) in [5, 5.41) is 0. The van der Waals surface area contributed by atoms with Crippen LogP contribution in [0.4, 0.5) is 10.2 Å². The Hall–Kier alpha value is -1.49. The summed E-state index contributed by atoms with van der Waals surface area (Å²) in [4.78, 5) is 8.81. The molecular formula is C15H17BrFN3. The molecule has 1 aromatic carbocycles. The van der Waals surface area contributed by atoms with E-state index in [0.29, 0.717) is 23.1 Å². The fourth-order valence-electron chi connectivity index (χ4n) is 1.99. The number of nitrogens with zero attached hydrogens (tertiary/aromatic N) is 2. The molecule has 3 nitrogen and oxygen atoms in total. The minimum Gasteiger partial charge on any atom is -0.383 e. The largest absolute Gasteiger partial charge is 0.383 e. The molecular weight excluding hydrogens is 321 g/mol. The van der Waals surface area contributed by atoms with E-state index in [2.05, 4.69) is 39.7 Å². The zero-order valence-corrected chi connectivity index (χ0v) is 13.3. The van der Waals surface area contributed by atoms with Crippen LogP contribution in [-0.2, 0) is 6.42 Å². The van der Waals surface area contributed by atoms with Gasteiger partial charge >= 0.3 is 0 Å². The lowest BCUT2D eigenvalue weighted by molar-refractivity contribution is 0.626. The first-order chi connectivity index (χ1) is 9.38. The van der Waals surface area contributed by atoms with Crippen molar-refractivity contribution in [2.45, 2.75) is 27.2 Å². The van der Waals surface area contributed by atoms with Gasteiger partial charge in [-0.1, -0.05) is 19.9 Å². The average Bonchev–Trinajstić information content (AvgIpc) is 2.37. The number of rotatable bonds is 3. The smallest absolute Gasteiger partial charge is 0.162 e. The molecule has 0 fully saturated rings. The van der Waals surface area contributed by atoms with E-state index in [9.17, 15) is 4.39 Å². The predicted molar refractivity (Wildman–Crippen MR) is 82.8 cm³/mol.